The zero-order valence-electron chi connectivity index (χ0n) is 10.2. The SMILES string of the molecule is COc1cc2c(c(OC)c1)[C@H](C)O[C@@H](C)C2. The van der Waals surface area contributed by atoms with Crippen LogP contribution in [-0.4, -0.2) is 20.3 Å². The number of hydrogen-bond acceptors (Lipinski definition) is 3. The highest BCUT2D eigenvalue weighted by molar-refractivity contribution is 5.48. The zero-order valence-corrected chi connectivity index (χ0v) is 10.2. The van der Waals surface area contributed by atoms with Crippen molar-refractivity contribution in [3.8, 4) is 11.5 Å². The lowest BCUT2D eigenvalue weighted by molar-refractivity contribution is -0.00611. The Balaban J connectivity index is 2.51. The van der Waals surface area contributed by atoms with Gasteiger partial charge in [-0.25, -0.2) is 0 Å². The van der Waals surface area contributed by atoms with Crippen LogP contribution in [0.4, 0.5) is 0 Å². The number of benzene rings is 1. The third-order valence-corrected chi connectivity index (χ3v) is 3.01. The van der Waals surface area contributed by atoms with E-state index in [9.17, 15) is 0 Å². The lowest BCUT2D eigenvalue weighted by Gasteiger charge is -2.30. The molecule has 0 aliphatic carbocycles. The van der Waals surface area contributed by atoms with Gasteiger partial charge in [0.1, 0.15) is 11.5 Å². The minimum atomic E-state index is 0.0830. The van der Waals surface area contributed by atoms with Gasteiger partial charge < -0.3 is 14.2 Å². The largest absolute Gasteiger partial charge is 0.497 e. The van der Waals surface area contributed by atoms with Crippen molar-refractivity contribution in [3.63, 3.8) is 0 Å². The zero-order chi connectivity index (χ0) is 11.7. The Hall–Kier alpha value is -1.22. The van der Waals surface area contributed by atoms with Crippen LogP contribution in [0.3, 0.4) is 0 Å². The van der Waals surface area contributed by atoms with Crippen molar-refractivity contribution in [2.75, 3.05) is 14.2 Å². The van der Waals surface area contributed by atoms with Crippen LogP contribution >= 0.6 is 0 Å². The molecular formula is C13H18O3. The molecule has 0 N–H and O–H groups in total. The predicted molar refractivity (Wildman–Crippen MR) is 62.2 cm³/mol. The van der Waals surface area contributed by atoms with Gasteiger partial charge in [-0.1, -0.05) is 0 Å². The molecule has 1 aromatic carbocycles. The van der Waals surface area contributed by atoms with Crippen LogP contribution in [0.5, 0.6) is 11.5 Å². The standard InChI is InChI=1S/C13H18O3/c1-8-5-10-6-11(14-3)7-12(15-4)13(10)9(2)16-8/h6-9H,5H2,1-4H3/t8-,9-/m0/s1. The summed E-state index contributed by atoms with van der Waals surface area (Å²) < 4.78 is 16.5. The second-order valence-corrected chi connectivity index (χ2v) is 4.20. The highest BCUT2D eigenvalue weighted by atomic mass is 16.5. The van der Waals surface area contributed by atoms with Gasteiger partial charge in [0.15, 0.2) is 0 Å². The fourth-order valence-corrected chi connectivity index (χ4v) is 2.35. The van der Waals surface area contributed by atoms with E-state index >= 15 is 0 Å². The van der Waals surface area contributed by atoms with Gasteiger partial charge in [-0.3, -0.25) is 0 Å². The summed E-state index contributed by atoms with van der Waals surface area (Å²) in [5.41, 5.74) is 2.42. The van der Waals surface area contributed by atoms with Gasteiger partial charge in [0, 0.05) is 11.6 Å². The van der Waals surface area contributed by atoms with Crippen molar-refractivity contribution < 1.29 is 14.2 Å². The highest BCUT2D eigenvalue weighted by Crippen LogP contribution is 2.39. The summed E-state index contributed by atoms with van der Waals surface area (Å²) in [6.45, 7) is 4.15. The number of rotatable bonds is 2. The van der Waals surface area contributed by atoms with E-state index in [4.69, 9.17) is 14.2 Å². The Bertz CT molecular complexity index is 387. The molecule has 0 radical (unpaired) electrons. The smallest absolute Gasteiger partial charge is 0.128 e. The van der Waals surface area contributed by atoms with E-state index < -0.39 is 0 Å². The maximum atomic E-state index is 5.81. The molecule has 0 bridgehead atoms. The van der Waals surface area contributed by atoms with E-state index in [1.54, 1.807) is 14.2 Å². The van der Waals surface area contributed by atoms with Crippen molar-refractivity contribution in [2.24, 2.45) is 0 Å². The third kappa shape index (κ3) is 1.87. The van der Waals surface area contributed by atoms with Gasteiger partial charge in [-0.05, 0) is 31.9 Å². The van der Waals surface area contributed by atoms with Crippen molar-refractivity contribution >= 4 is 0 Å². The predicted octanol–water partition coefficient (Wildman–Crippen LogP) is 2.73. The number of ether oxygens (including phenoxy) is 3. The molecule has 2 rings (SSSR count). The Labute approximate surface area is 96.3 Å². The quantitative estimate of drug-likeness (QED) is 0.770. The molecule has 0 saturated carbocycles. The first kappa shape index (κ1) is 11.3. The van der Waals surface area contributed by atoms with E-state index in [1.807, 2.05) is 6.07 Å². The van der Waals surface area contributed by atoms with Crippen LogP contribution in [0, 0.1) is 0 Å². The highest BCUT2D eigenvalue weighted by Gasteiger charge is 2.26. The van der Waals surface area contributed by atoms with Gasteiger partial charge in [0.25, 0.3) is 0 Å². The molecule has 0 fully saturated rings. The van der Waals surface area contributed by atoms with Crippen LogP contribution in [0.2, 0.25) is 0 Å². The Morgan fingerprint density at radius 3 is 2.56 bits per heavy atom. The van der Waals surface area contributed by atoms with Crippen LogP contribution in [0.15, 0.2) is 12.1 Å². The normalized spacial score (nSPS) is 23.8. The molecule has 3 nitrogen and oxygen atoms in total. The number of methoxy groups -OCH3 is 2. The summed E-state index contributed by atoms with van der Waals surface area (Å²) in [6, 6.07) is 3.99. The number of hydrogen-bond donors (Lipinski definition) is 0. The van der Waals surface area contributed by atoms with E-state index in [1.165, 1.54) is 5.56 Å². The average Bonchev–Trinajstić information content (AvgIpc) is 2.26. The van der Waals surface area contributed by atoms with Crippen LogP contribution < -0.4 is 9.47 Å². The number of fused-ring (bicyclic) bond motifs is 1. The molecule has 0 saturated heterocycles. The summed E-state index contributed by atoms with van der Waals surface area (Å²) in [6.07, 6.45) is 1.24. The molecule has 0 amide bonds. The van der Waals surface area contributed by atoms with Crippen molar-refractivity contribution in [1.29, 1.82) is 0 Å². The lowest BCUT2D eigenvalue weighted by Crippen LogP contribution is -2.22. The third-order valence-electron chi connectivity index (χ3n) is 3.01. The van der Waals surface area contributed by atoms with Crippen molar-refractivity contribution in [1.82, 2.24) is 0 Å². The molecule has 1 aliphatic rings. The molecule has 1 aliphatic heterocycles. The molecule has 88 valence electrons. The minimum Gasteiger partial charge on any atom is -0.497 e. The van der Waals surface area contributed by atoms with E-state index in [-0.39, 0.29) is 12.2 Å². The molecule has 16 heavy (non-hydrogen) atoms. The molecular weight excluding hydrogens is 204 g/mol. The molecule has 1 heterocycles. The summed E-state index contributed by atoms with van der Waals surface area (Å²) in [5.74, 6) is 1.70. The molecule has 2 atom stereocenters. The second-order valence-electron chi connectivity index (χ2n) is 4.20. The first-order valence-electron chi connectivity index (χ1n) is 5.56. The molecule has 3 heteroatoms. The van der Waals surface area contributed by atoms with E-state index in [0.29, 0.717) is 0 Å². The Kier molecular flexibility index (Phi) is 3.06. The van der Waals surface area contributed by atoms with E-state index in [2.05, 4.69) is 19.9 Å². The first-order valence-corrected chi connectivity index (χ1v) is 5.56. The van der Waals surface area contributed by atoms with Gasteiger partial charge in [0.2, 0.25) is 0 Å². The molecule has 1 aromatic rings. The fourth-order valence-electron chi connectivity index (χ4n) is 2.35. The minimum absolute atomic E-state index is 0.0830. The van der Waals surface area contributed by atoms with Crippen molar-refractivity contribution in [3.05, 3.63) is 23.3 Å². The van der Waals surface area contributed by atoms with Gasteiger partial charge >= 0.3 is 0 Å². The molecule has 0 aromatic heterocycles. The monoisotopic (exact) mass is 222 g/mol. The first-order chi connectivity index (χ1) is 7.65. The van der Waals surface area contributed by atoms with Gasteiger partial charge in [0.05, 0.1) is 26.4 Å². The Morgan fingerprint density at radius 1 is 1.19 bits per heavy atom. The summed E-state index contributed by atoms with van der Waals surface area (Å²) in [5, 5.41) is 0. The molecule has 0 spiro atoms. The summed E-state index contributed by atoms with van der Waals surface area (Å²) in [4.78, 5) is 0. The average molecular weight is 222 g/mol. The maximum absolute atomic E-state index is 5.81. The fraction of sp³-hybridized carbons (Fsp3) is 0.538. The van der Waals surface area contributed by atoms with Crippen LogP contribution in [0.1, 0.15) is 31.1 Å². The maximum Gasteiger partial charge on any atom is 0.128 e. The summed E-state index contributed by atoms with van der Waals surface area (Å²) >= 11 is 0. The van der Waals surface area contributed by atoms with Crippen molar-refractivity contribution in [2.45, 2.75) is 32.5 Å². The van der Waals surface area contributed by atoms with Gasteiger partial charge in [-0.2, -0.15) is 0 Å². The molecule has 0 unspecified atom stereocenters. The van der Waals surface area contributed by atoms with Crippen LogP contribution in [-0.2, 0) is 11.2 Å². The van der Waals surface area contributed by atoms with Crippen LogP contribution in [0.25, 0.3) is 0 Å². The lowest BCUT2D eigenvalue weighted by atomic mass is 9.94. The second kappa shape index (κ2) is 4.34. The summed E-state index contributed by atoms with van der Waals surface area (Å²) in [7, 11) is 3.35. The van der Waals surface area contributed by atoms with E-state index in [0.717, 1.165) is 23.5 Å². The topological polar surface area (TPSA) is 27.7 Å². The van der Waals surface area contributed by atoms with Gasteiger partial charge in [-0.15, -0.1) is 0 Å². The Morgan fingerprint density at radius 2 is 1.94 bits per heavy atom.